The molecule has 0 bridgehead atoms. The van der Waals surface area contributed by atoms with Crippen LogP contribution in [0.2, 0.25) is 0 Å². The molecule has 0 heterocycles. The van der Waals surface area contributed by atoms with Crippen molar-refractivity contribution in [1.29, 1.82) is 0 Å². The number of hydroxylamine groups is 1. The highest BCUT2D eigenvalue weighted by molar-refractivity contribution is 5.99. The first kappa shape index (κ1) is 16.8. The minimum absolute atomic E-state index is 0.151. The van der Waals surface area contributed by atoms with Crippen molar-refractivity contribution in [2.45, 2.75) is 6.42 Å². The predicted molar refractivity (Wildman–Crippen MR) is 80.4 cm³/mol. The van der Waals surface area contributed by atoms with Crippen LogP contribution in [-0.4, -0.2) is 33.2 Å². The molecular weight excluding hydrogens is 318 g/mol. The Hall–Kier alpha value is -3.55. The Kier molecular flexibility index (Phi) is 5.00. The largest absolute Gasteiger partial charge is 0.508 e. The van der Waals surface area contributed by atoms with Crippen LogP contribution in [-0.2, 0) is 16.1 Å². The van der Waals surface area contributed by atoms with Crippen LogP contribution in [0, 0.1) is 0 Å². The fraction of sp³-hybridized carbons (Fsp3) is 0.0625. The molecule has 8 heteroatoms. The lowest BCUT2D eigenvalue weighted by Crippen LogP contribution is -2.27. The average molecular weight is 331 g/mol. The van der Waals surface area contributed by atoms with E-state index < -0.39 is 41.3 Å². The Morgan fingerprint density at radius 2 is 1.71 bits per heavy atom. The van der Waals surface area contributed by atoms with Gasteiger partial charge >= 0.3 is 11.9 Å². The Labute approximate surface area is 135 Å². The van der Waals surface area contributed by atoms with Crippen LogP contribution in [0.25, 0.3) is 0 Å². The number of aromatic hydroxyl groups is 2. The number of aliphatic carboxylic acids is 1. The molecule has 0 fully saturated rings. The number of benzene rings is 2. The molecule has 0 spiro atoms. The minimum Gasteiger partial charge on any atom is -0.508 e. The van der Waals surface area contributed by atoms with Gasteiger partial charge in [0.2, 0.25) is 0 Å². The predicted octanol–water partition coefficient (Wildman–Crippen LogP) is 1.23. The summed E-state index contributed by atoms with van der Waals surface area (Å²) in [5.74, 6) is -4.13. The van der Waals surface area contributed by atoms with Crippen molar-refractivity contribution in [1.82, 2.24) is 5.48 Å². The summed E-state index contributed by atoms with van der Waals surface area (Å²) in [6.45, 7) is 0. The van der Waals surface area contributed by atoms with Crippen LogP contribution in [0.3, 0.4) is 0 Å². The number of hydrogen-bond donors (Lipinski definition) is 4. The molecule has 24 heavy (non-hydrogen) atoms. The van der Waals surface area contributed by atoms with E-state index in [-0.39, 0.29) is 11.1 Å². The van der Waals surface area contributed by atoms with Crippen molar-refractivity contribution in [3.05, 3.63) is 59.2 Å². The number of carbonyl (C=O) groups excluding carboxylic acids is 2. The van der Waals surface area contributed by atoms with E-state index in [1.165, 1.54) is 12.1 Å². The first-order valence-corrected chi connectivity index (χ1v) is 6.71. The third kappa shape index (κ3) is 4.01. The summed E-state index contributed by atoms with van der Waals surface area (Å²) in [6.07, 6.45) is -0.593. The van der Waals surface area contributed by atoms with Crippen LogP contribution in [0.1, 0.15) is 26.3 Å². The molecule has 2 aromatic rings. The molecule has 8 nitrogen and oxygen atoms in total. The Balaban J connectivity index is 2.13. The molecule has 0 saturated heterocycles. The van der Waals surface area contributed by atoms with Crippen molar-refractivity contribution in [3.8, 4) is 11.5 Å². The second-order valence-electron chi connectivity index (χ2n) is 4.76. The quantitative estimate of drug-likeness (QED) is 0.489. The summed E-state index contributed by atoms with van der Waals surface area (Å²) in [5.41, 5.74) is 1.46. The van der Waals surface area contributed by atoms with Gasteiger partial charge in [-0.15, -0.1) is 0 Å². The molecule has 0 aliphatic heterocycles. The van der Waals surface area contributed by atoms with Gasteiger partial charge in [0.25, 0.3) is 5.91 Å². The van der Waals surface area contributed by atoms with Gasteiger partial charge in [0, 0.05) is 5.56 Å². The standard InChI is InChI=1S/C16H13NO7/c18-11-6-10(7-13(19)20)14(21)12(8-11)15(22)17-24-16(23)9-4-2-1-3-5-9/h1-6,8,18,21H,7H2,(H,17,22)(H,19,20). The number of amides is 1. The summed E-state index contributed by atoms with van der Waals surface area (Å²) < 4.78 is 0. The zero-order chi connectivity index (χ0) is 17.7. The first-order valence-electron chi connectivity index (χ1n) is 6.71. The smallest absolute Gasteiger partial charge is 0.362 e. The summed E-state index contributed by atoms with van der Waals surface area (Å²) >= 11 is 0. The van der Waals surface area contributed by atoms with Crippen LogP contribution >= 0.6 is 0 Å². The van der Waals surface area contributed by atoms with Crippen molar-refractivity contribution in [2.75, 3.05) is 0 Å². The molecule has 0 aromatic heterocycles. The summed E-state index contributed by atoms with van der Waals surface area (Å²) in [5, 5.41) is 28.2. The van der Waals surface area contributed by atoms with E-state index in [0.717, 1.165) is 12.1 Å². The van der Waals surface area contributed by atoms with Crippen molar-refractivity contribution in [2.24, 2.45) is 0 Å². The SMILES string of the molecule is O=C(O)Cc1cc(O)cc(C(=O)NOC(=O)c2ccccc2)c1O. The lowest BCUT2D eigenvalue weighted by Gasteiger charge is -2.10. The third-order valence-electron chi connectivity index (χ3n) is 3.01. The molecule has 0 atom stereocenters. The van der Waals surface area contributed by atoms with Crippen molar-refractivity contribution in [3.63, 3.8) is 0 Å². The lowest BCUT2D eigenvalue weighted by molar-refractivity contribution is -0.136. The lowest BCUT2D eigenvalue weighted by atomic mass is 10.0. The molecule has 0 unspecified atom stereocenters. The van der Waals surface area contributed by atoms with E-state index in [1.54, 1.807) is 18.2 Å². The maximum atomic E-state index is 12.0. The van der Waals surface area contributed by atoms with E-state index in [0.29, 0.717) is 0 Å². The number of hydrogen-bond acceptors (Lipinski definition) is 6. The van der Waals surface area contributed by atoms with Gasteiger partial charge in [-0.1, -0.05) is 18.2 Å². The highest BCUT2D eigenvalue weighted by Gasteiger charge is 2.19. The number of rotatable bonds is 4. The van der Waals surface area contributed by atoms with Gasteiger partial charge in [-0.2, -0.15) is 5.48 Å². The Morgan fingerprint density at radius 3 is 2.33 bits per heavy atom. The van der Waals surface area contributed by atoms with Gasteiger partial charge in [0.05, 0.1) is 17.5 Å². The Bertz CT molecular complexity index is 787. The van der Waals surface area contributed by atoms with Crippen LogP contribution < -0.4 is 5.48 Å². The summed E-state index contributed by atoms with van der Waals surface area (Å²) in [7, 11) is 0. The second kappa shape index (κ2) is 7.14. The van der Waals surface area contributed by atoms with E-state index in [2.05, 4.69) is 4.84 Å². The molecule has 124 valence electrons. The number of carbonyl (C=O) groups is 3. The highest BCUT2D eigenvalue weighted by Crippen LogP contribution is 2.28. The van der Waals surface area contributed by atoms with Crippen LogP contribution in [0.15, 0.2) is 42.5 Å². The molecule has 0 aliphatic carbocycles. The highest BCUT2D eigenvalue weighted by atomic mass is 16.7. The van der Waals surface area contributed by atoms with Crippen LogP contribution in [0.4, 0.5) is 0 Å². The first-order chi connectivity index (χ1) is 11.4. The van der Waals surface area contributed by atoms with E-state index in [4.69, 9.17) is 5.11 Å². The van der Waals surface area contributed by atoms with Crippen molar-refractivity contribution < 1.29 is 34.5 Å². The fourth-order valence-electron chi connectivity index (χ4n) is 1.93. The Morgan fingerprint density at radius 1 is 1.04 bits per heavy atom. The topological polar surface area (TPSA) is 133 Å². The molecule has 0 radical (unpaired) electrons. The average Bonchev–Trinajstić information content (AvgIpc) is 2.55. The van der Waals surface area contributed by atoms with Gasteiger partial charge in [-0.05, 0) is 24.3 Å². The molecule has 2 rings (SSSR count). The zero-order valence-electron chi connectivity index (χ0n) is 12.2. The van der Waals surface area contributed by atoms with E-state index in [1.807, 2.05) is 5.48 Å². The maximum Gasteiger partial charge on any atom is 0.362 e. The minimum atomic E-state index is -1.25. The molecule has 0 aliphatic rings. The monoisotopic (exact) mass is 331 g/mol. The maximum absolute atomic E-state index is 12.0. The van der Waals surface area contributed by atoms with Gasteiger partial charge in [-0.3, -0.25) is 9.59 Å². The fourth-order valence-corrected chi connectivity index (χ4v) is 1.93. The van der Waals surface area contributed by atoms with Gasteiger partial charge in [-0.25, -0.2) is 4.79 Å². The van der Waals surface area contributed by atoms with Crippen molar-refractivity contribution >= 4 is 17.8 Å². The van der Waals surface area contributed by atoms with E-state index >= 15 is 0 Å². The number of nitrogens with one attached hydrogen (secondary N) is 1. The normalized spacial score (nSPS) is 10.0. The van der Waals surface area contributed by atoms with Gasteiger partial charge < -0.3 is 20.2 Å². The zero-order valence-corrected chi connectivity index (χ0v) is 12.2. The molecule has 4 N–H and O–H groups in total. The van der Waals surface area contributed by atoms with Gasteiger partial charge in [0.1, 0.15) is 11.5 Å². The second-order valence-corrected chi connectivity index (χ2v) is 4.76. The molecular formula is C16H13NO7. The number of phenols is 2. The summed E-state index contributed by atoms with van der Waals surface area (Å²) in [4.78, 5) is 39.0. The molecule has 1 amide bonds. The van der Waals surface area contributed by atoms with E-state index in [9.17, 15) is 24.6 Å². The third-order valence-corrected chi connectivity index (χ3v) is 3.01. The number of phenolic OH excluding ortho intramolecular Hbond substituents is 2. The number of carboxylic acid groups (broad SMARTS) is 1. The van der Waals surface area contributed by atoms with Gasteiger partial charge in [0.15, 0.2) is 0 Å². The molecule has 0 saturated carbocycles. The number of carboxylic acids is 1. The van der Waals surface area contributed by atoms with Crippen LogP contribution in [0.5, 0.6) is 11.5 Å². The summed E-state index contributed by atoms with van der Waals surface area (Å²) in [6, 6.07) is 9.82. The molecule has 2 aromatic carbocycles.